The highest BCUT2D eigenvalue weighted by molar-refractivity contribution is 4.57. The molecule has 0 bridgehead atoms. The standard InChI is InChI=1S/C12H28N2O/c1-5-14(9-10-15-4)8-6-7-13-11-12(2)3/h12-13H,5-11H2,1-4H3. The molecule has 0 unspecified atom stereocenters. The molecule has 0 aliphatic rings. The molecule has 3 heteroatoms. The molecule has 0 heterocycles. The van der Waals surface area contributed by atoms with Gasteiger partial charge in [-0.05, 0) is 38.5 Å². The van der Waals surface area contributed by atoms with E-state index in [1.54, 1.807) is 7.11 Å². The van der Waals surface area contributed by atoms with Crippen molar-refractivity contribution < 1.29 is 4.74 Å². The van der Waals surface area contributed by atoms with Gasteiger partial charge in [-0.1, -0.05) is 20.8 Å². The molecule has 3 nitrogen and oxygen atoms in total. The minimum Gasteiger partial charge on any atom is -0.383 e. The van der Waals surface area contributed by atoms with Gasteiger partial charge in [0.25, 0.3) is 0 Å². The van der Waals surface area contributed by atoms with E-state index < -0.39 is 0 Å². The molecule has 0 aromatic heterocycles. The van der Waals surface area contributed by atoms with E-state index in [1.165, 1.54) is 13.0 Å². The second-order valence-electron chi connectivity index (χ2n) is 4.38. The van der Waals surface area contributed by atoms with Crippen molar-refractivity contribution >= 4 is 0 Å². The Labute approximate surface area is 95.2 Å². The topological polar surface area (TPSA) is 24.5 Å². The quantitative estimate of drug-likeness (QED) is 0.561. The summed E-state index contributed by atoms with van der Waals surface area (Å²) in [5.41, 5.74) is 0. The molecule has 0 rings (SSSR count). The van der Waals surface area contributed by atoms with Crippen molar-refractivity contribution in [3.63, 3.8) is 0 Å². The van der Waals surface area contributed by atoms with Gasteiger partial charge >= 0.3 is 0 Å². The van der Waals surface area contributed by atoms with E-state index in [-0.39, 0.29) is 0 Å². The summed E-state index contributed by atoms with van der Waals surface area (Å²) in [4.78, 5) is 2.43. The smallest absolute Gasteiger partial charge is 0.0589 e. The maximum Gasteiger partial charge on any atom is 0.0589 e. The molecule has 0 radical (unpaired) electrons. The van der Waals surface area contributed by atoms with Crippen LogP contribution in [0.5, 0.6) is 0 Å². The van der Waals surface area contributed by atoms with Crippen LogP contribution in [-0.2, 0) is 4.74 Å². The average Bonchev–Trinajstić information content (AvgIpc) is 2.21. The minimum atomic E-state index is 0.751. The van der Waals surface area contributed by atoms with Gasteiger partial charge in [-0.3, -0.25) is 0 Å². The minimum absolute atomic E-state index is 0.751. The van der Waals surface area contributed by atoms with E-state index in [4.69, 9.17) is 4.74 Å². The molecule has 0 aliphatic heterocycles. The largest absolute Gasteiger partial charge is 0.383 e. The van der Waals surface area contributed by atoms with Crippen molar-refractivity contribution in [3.8, 4) is 0 Å². The van der Waals surface area contributed by atoms with E-state index in [9.17, 15) is 0 Å². The normalized spacial score (nSPS) is 11.6. The Hall–Kier alpha value is -0.120. The van der Waals surface area contributed by atoms with Gasteiger partial charge in [0.1, 0.15) is 0 Å². The highest BCUT2D eigenvalue weighted by Gasteiger charge is 2.00. The first-order valence-electron chi connectivity index (χ1n) is 6.12. The second kappa shape index (κ2) is 10.4. The van der Waals surface area contributed by atoms with Gasteiger partial charge in [0.15, 0.2) is 0 Å². The van der Waals surface area contributed by atoms with E-state index in [0.717, 1.165) is 38.7 Å². The van der Waals surface area contributed by atoms with Gasteiger partial charge in [0.05, 0.1) is 6.61 Å². The van der Waals surface area contributed by atoms with Crippen molar-refractivity contribution in [2.75, 3.05) is 46.4 Å². The first-order chi connectivity index (χ1) is 7.20. The summed E-state index contributed by atoms with van der Waals surface area (Å²) in [5.74, 6) is 0.751. The fourth-order valence-corrected chi connectivity index (χ4v) is 1.47. The van der Waals surface area contributed by atoms with E-state index in [0.29, 0.717) is 0 Å². The summed E-state index contributed by atoms with van der Waals surface area (Å²) in [6.45, 7) is 13.1. The summed E-state index contributed by atoms with van der Waals surface area (Å²) in [5, 5.41) is 3.46. The zero-order valence-electron chi connectivity index (χ0n) is 10.9. The molecule has 0 fully saturated rings. The van der Waals surface area contributed by atoms with Crippen molar-refractivity contribution in [3.05, 3.63) is 0 Å². The SMILES string of the molecule is CCN(CCCNCC(C)C)CCOC. The van der Waals surface area contributed by atoms with Crippen LogP contribution < -0.4 is 5.32 Å². The predicted molar refractivity (Wildman–Crippen MR) is 66.3 cm³/mol. The lowest BCUT2D eigenvalue weighted by molar-refractivity contribution is 0.150. The van der Waals surface area contributed by atoms with Crippen LogP contribution in [0.3, 0.4) is 0 Å². The molecule has 15 heavy (non-hydrogen) atoms. The molecule has 1 N–H and O–H groups in total. The molecule has 0 saturated carbocycles. The lowest BCUT2D eigenvalue weighted by Crippen LogP contribution is -2.31. The number of hydrogen-bond acceptors (Lipinski definition) is 3. The summed E-state index contributed by atoms with van der Waals surface area (Å²) < 4.78 is 5.08. The van der Waals surface area contributed by atoms with Gasteiger partial charge in [-0.25, -0.2) is 0 Å². The number of methoxy groups -OCH3 is 1. The number of nitrogens with one attached hydrogen (secondary N) is 1. The monoisotopic (exact) mass is 216 g/mol. The number of nitrogens with zero attached hydrogens (tertiary/aromatic N) is 1. The maximum atomic E-state index is 5.08. The Morgan fingerprint density at radius 1 is 1.27 bits per heavy atom. The fraction of sp³-hybridized carbons (Fsp3) is 1.00. The third-order valence-corrected chi connectivity index (χ3v) is 2.44. The number of rotatable bonds is 10. The highest BCUT2D eigenvalue weighted by Crippen LogP contribution is 1.92. The Bertz CT molecular complexity index is 129. The fourth-order valence-electron chi connectivity index (χ4n) is 1.47. The van der Waals surface area contributed by atoms with Gasteiger partial charge in [-0.15, -0.1) is 0 Å². The first kappa shape index (κ1) is 14.9. The summed E-state index contributed by atoms with van der Waals surface area (Å²) in [7, 11) is 1.76. The summed E-state index contributed by atoms with van der Waals surface area (Å²) in [6, 6.07) is 0. The van der Waals surface area contributed by atoms with Crippen LogP contribution in [-0.4, -0.2) is 51.3 Å². The number of likely N-dealkylation sites (N-methyl/N-ethyl adjacent to an activating group) is 1. The van der Waals surface area contributed by atoms with Crippen molar-refractivity contribution in [1.82, 2.24) is 10.2 Å². The molecular weight excluding hydrogens is 188 g/mol. The maximum absolute atomic E-state index is 5.08. The van der Waals surface area contributed by atoms with Crippen LogP contribution in [0, 0.1) is 5.92 Å². The van der Waals surface area contributed by atoms with Gasteiger partial charge in [-0.2, -0.15) is 0 Å². The second-order valence-corrected chi connectivity index (χ2v) is 4.38. The van der Waals surface area contributed by atoms with Crippen molar-refractivity contribution in [1.29, 1.82) is 0 Å². The predicted octanol–water partition coefficient (Wildman–Crippen LogP) is 1.59. The molecule has 0 atom stereocenters. The van der Waals surface area contributed by atoms with Crippen LogP contribution in [0.4, 0.5) is 0 Å². The molecule has 0 aliphatic carbocycles. The zero-order valence-corrected chi connectivity index (χ0v) is 10.9. The Morgan fingerprint density at radius 2 is 2.00 bits per heavy atom. The van der Waals surface area contributed by atoms with Crippen LogP contribution in [0.15, 0.2) is 0 Å². The van der Waals surface area contributed by atoms with Gasteiger partial charge in [0, 0.05) is 13.7 Å². The van der Waals surface area contributed by atoms with Crippen LogP contribution in [0.25, 0.3) is 0 Å². The van der Waals surface area contributed by atoms with Gasteiger partial charge < -0.3 is 15.0 Å². The van der Waals surface area contributed by atoms with Crippen molar-refractivity contribution in [2.24, 2.45) is 5.92 Å². The zero-order chi connectivity index (χ0) is 11.5. The van der Waals surface area contributed by atoms with E-state index in [1.807, 2.05) is 0 Å². The molecule has 0 aromatic carbocycles. The lowest BCUT2D eigenvalue weighted by atomic mass is 10.2. The number of hydrogen-bond donors (Lipinski definition) is 1. The Kier molecular flexibility index (Phi) is 10.3. The van der Waals surface area contributed by atoms with Gasteiger partial charge in [0.2, 0.25) is 0 Å². The van der Waals surface area contributed by atoms with Crippen molar-refractivity contribution in [2.45, 2.75) is 27.2 Å². The van der Waals surface area contributed by atoms with E-state index >= 15 is 0 Å². The Balaban J connectivity index is 3.30. The summed E-state index contributed by atoms with van der Waals surface area (Å²) >= 11 is 0. The molecule has 0 amide bonds. The van der Waals surface area contributed by atoms with Crippen LogP contribution >= 0.6 is 0 Å². The highest BCUT2D eigenvalue weighted by atomic mass is 16.5. The lowest BCUT2D eigenvalue weighted by Gasteiger charge is -2.19. The third-order valence-electron chi connectivity index (χ3n) is 2.44. The molecule has 0 saturated heterocycles. The molecule has 0 spiro atoms. The van der Waals surface area contributed by atoms with Crippen LogP contribution in [0.1, 0.15) is 27.2 Å². The molecular formula is C12H28N2O. The summed E-state index contributed by atoms with van der Waals surface area (Å²) in [6.07, 6.45) is 1.23. The third kappa shape index (κ3) is 10.2. The number of ether oxygens (including phenoxy) is 1. The molecule has 92 valence electrons. The average molecular weight is 216 g/mol. The first-order valence-corrected chi connectivity index (χ1v) is 6.12. The van der Waals surface area contributed by atoms with E-state index in [2.05, 4.69) is 31.0 Å². The van der Waals surface area contributed by atoms with Crippen LogP contribution in [0.2, 0.25) is 0 Å². The Morgan fingerprint density at radius 3 is 2.53 bits per heavy atom. The molecule has 0 aromatic rings.